The molecule has 4 rings (SSSR count). The second-order valence-corrected chi connectivity index (χ2v) is 8.01. The standard InChI is InChI=1S/C30H28N2O5/c1-34-27-17-22(18-28(35-2)29(27)36-3)19-31-32-30(33)24-15-13-21(14-16-24)20-37-26-12-8-7-11-25(26)23-9-5-4-6-10-23/h4-19H,20H2,1-3H3,(H,32,33)/b31-19+. The van der Waals surface area contributed by atoms with Crippen molar-refractivity contribution in [3.8, 4) is 34.1 Å². The van der Waals surface area contributed by atoms with Crippen LogP contribution in [0.15, 0.2) is 96.1 Å². The van der Waals surface area contributed by atoms with E-state index in [9.17, 15) is 4.79 Å². The zero-order valence-corrected chi connectivity index (χ0v) is 20.9. The van der Waals surface area contributed by atoms with Crippen molar-refractivity contribution in [3.05, 3.63) is 108 Å². The van der Waals surface area contributed by atoms with Crippen molar-refractivity contribution in [2.24, 2.45) is 5.10 Å². The fourth-order valence-corrected chi connectivity index (χ4v) is 3.77. The summed E-state index contributed by atoms with van der Waals surface area (Å²) in [5, 5.41) is 4.06. The van der Waals surface area contributed by atoms with Gasteiger partial charge in [-0.25, -0.2) is 5.43 Å². The Labute approximate surface area is 216 Å². The Morgan fingerprint density at radius 2 is 1.43 bits per heavy atom. The van der Waals surface area contributed by atoms with Crippen LogP contribution in [0.5, 0.6) is 23.0 Å². The van der Waals surface area contributed by atoms with Crippen LogP contribution in [0.3, 0.4) is 0 Å². The topological polar surface area (TPSA) is 78.4 Å². The van der Waals surface area contributed by atoms with Crippen LogP contribution in [0.25, 0.3) is 11.1 Å². The van der Waals surface area contributed by atoms with Gasteiger partial charge in [0.2, 0.25) is 5.75 Å². The minimum Gasteiger partial charge on any atom is -0.493 e. The molecule has 0 heterocycles. The summed E-state index contributed by atoms with van der Waals surface area (Å²) in [6, 6.07) is 28.7. The molecule has 1 N–H and O–H groups in total. The van der Waals surface area contributed by atoms with Gasteiger partial charge in [0.05, 0.1) is 27.5 Å². The van der Waals surface area contributed by atoms with E-state index in [2.05, 4.69) is 22.7 Å². The average molecular weight is 497 g/mol. The van der Waals surface area contributed by atoms with E-state index in [1.807, 2.05) is 54.6 Å². The van der Waals surface area contributed by atoms with Gasteiger partial charge in [-0.15, -0.1) is 0 Å². The molecule has 0 fully saturated rings. The first-order valence-corrected chi connectivity index (χ1v) is 11.6. The number of nitrogens with zero attached hydrogens (tertiary/aromatic N) is 1. The van der Waals surface area contributed by atoms with Gasteiger partial charge in [0.15, 0.2) is 11.5 Å². The van der Waals surface area contributed by atoms with Crippen LogP contribution < -0.4 is 24.4 Å². The number of ether oxygens (including phenoxy) is 4. The van der Waals surface area contributed by atoms with Gasteiger partial charge in [-0.05, 0) is 41.5 Å². The molecule has 0 spiro atoms. The molecule has 7 heteroatoms. The molecule has 4 aromatic carbocycles. The zero-order valence-electron chi connectivity index (χ0n) is 20.9. The van der Waals surface area contributed by atoms with Crippen LogP contribution in [0.4, 0.5) is 0 Å². The SMILES string of the molecule is COc1cc(/C=N/NC(=O)c2ccc(COc3ccccc3-c3ccccc3)cc2)cc(OC)c1OC. The molecule has 37 heavy (non-hydrogen) atoms. The Morgan fingerprint density at radius 1 is 0.784 bits per heavy atom. The first kappa shape index (κ1) is 25.3. The van der Waals surface area contributed by atoms with E-state index in [1.165, 1.54) is 27.5 Å². The first-order chi connectivity index (χ1) is 18.1. The number of carbonyl (C=O) groups excluding carboxylic acids is 1. The van der Waals surface area contributed by atoms with Crippen molar-refractivity contribution in [2.45, 2.75) is 6.61 Å². The molecule has 0 aliphatic heterocycles. The summed E-state index contributed by atoms with van der Waals surface area (Å²) in [4.78, 5) is 12.5. The summed E-state index contributed by atoms with van der Waals surface area (Å²) < 4.78 is 22.1. The van der Waals surface area contributed by atoms with Gasteiger partial charge in [0.25, 0.3) is 5.91 Å². The lowest BCUT2D eigenvalue weighted by atomic mass is 10.0. The van der Waals surface area contributed by atoms with Crippen LogP contribution in [0.1, 0.15) is 21.5 Å². The van der Waals surface area contributed by atoms with E-state index >= 15 is 0 Å². The normalized spacial score (nSPS) is 10.7. The maximum atomic E-state index is 12.5. The molecular formula is C30H28N2O5. The van der Waals surface area contributed by atoms with E-state index < -0.39 is 0 Å². The Hall–Kier alpha value is -4.78. The van der Waals surface area contributed by atoms with Gasteiger partial charge >= 0.3 is 0 Å². The highest BCUT2D eigenvalue weighted by atomic mass is 16.5. The number of para-hydroxylation sites is 1. The maximum Gasteiger partial charge on any atom is 0.271 e. The summed E-state index contributed by atoms with van der Waals surface area (Å²) >= 11 is 0. The second kappa shape index (κ2) is 12.3. The van der Waals surface area contributed by atoms with Crippen molar-refractivity contribution in [2.75, 3.05) is 21.3 Å². The number of methoxy groups -OCH3 is 3. The highest BCUT2D eigenvalue weighted by Crippen LogP contribution is 2.37. The van der Waals surface area contributed by atoms with Gasteiger partial charge in [0.1, 0.15) is 12.4 Å². The molecule has 188 valence electrons. The van der Waals surface area contributed by atoms with Crippen LogP contribution in [0, 0.1) is 0 Å². The summed E-state index contributed by atoms with van der Waals surface area (Å²) in [5.41, 5.74) is 6.77. The van der Waals surface area contributed by atoms with E-state index in [4.69, 9.17) is 18.9 Å². The van der Waals surface area contributed by atoms with Crippen LogP contribution in [-0.4, -0.2) is 33.5 Å². The highest BCUT2D eigenvalue weighted by molar-refractivity contribution is 5.95. The van der Waals surface area contributed by atoms with Crippen molar-refractivity contribution >= 4 is 12.1 Å². The van der Waals surface area contributed by atoms with Crippen molar-refractivity contribution < 1.29 is 23.7 Å². The second-order valence-electron chi connectivity index (χ2n) is 8.01. The Bertz CT molecular complexity index is 1340. The fraction of sp³-hybridized carbons (Fsp3) is 0.133. The molecule has 0 atom stereocenters. The summed E-state index contributed by atoms with van der Waals surface area (Å²) in [5.74, 6) is 1.96. The van der Waals surface area contributed by atoms with Crippen molar-refractivity contribution in [1.29, 1.82) is 0 Å². The molecule has 0 aliphatic rings. The maximum absolute atomic E-state index is 12.5. The van der Waals surface area contributed by atoms with Crippen LogP contribution in [-0.2, 0) is 6.61 Å². The largest absolute Gasteiger partial charge is 0.493 e. The van der Waals surface area contributed by atoms with E-state index in [1.54, 1.807) is 24.3 Å². The van der Waals surface area contributed by atoms with Gasteiger partial charge in [-0.3, -0.25) is 4.79 Å². The van der Waals surface area contributed by atoms with E-state index in [-0.39, 0.29) is 5.91 Å². The molecule has 0 bridgehead atoms. The lowest BCUT2D eigenvalue weighted by molar-refractivity contribution is 0.0955. The Morgan fingerprint density at radius 3 is 2.08 bits per heavy atom. The number of hydrogen-bond donors (Lipinski definition) is 1. The highest BCUT2D eigenvalue weighted by Gasteiger charge is 2.12. The number of carbonyl (C=O) groups is 1. The number of hydrogen-bond acceptors (Lipinski definition) is 6. The average Bonchev–Trinajstić information content (AvgIpc) is 2.96. The molecule has 0 radical (unpaired) electrons. The molecule has 7 nitrogen and oxygen atoms in total. The number of rotatable bonds is 10. The van der Waals surface area contributed by atoms with Gasteiger partial charge in [-0.2, -0.15) is 5.10 Å². The third kappa shape index (κ3) is 6.27. The Balaban J connectivity index is 1.37. The third-order valence-electron chi connectivity index (χ3n) is 5.65. The zero-order chi connectivity index (χ0) is 26.0. The summed E-state index contributed by atoms with van der Waals surface area (Å²) in [7, 11) is 4.61. The molecule has 4 aromatic rings. The molecular weight excluding hydrogens is 468 g/mol. The Kier molecular flexibility index (Phi) is 8.39. The number of benzene rings is 4. The number of nitrogens with one attached hydrogen (secondary N) is 1. The van der Waals surface area contributed by atoms with E-state index in [0.717, 1.165) is 22.4 Å². The van der Waals surface area contributed by atoms with Crippen LogP contribution in [0.2, 0.25) is 0 Å². The molecule has 0 unspecified atom stereocenters. The minimum absolute atomic E-state index is 0.328. The van der Waals surface area contributed by atoms with Crippen LogP contribution >= 0.6 is 0 Å². The number of hydrazone groups is 1. The third-order valence-corrected chi connectivity index (χ3v) is 5.65. The molecule has 1 amide bonds. The molecule has 0 saturated heterocycles. The van der Waals surface area contributed by atoms with Gasteiger partial charge in [0, 0.05) is 16.7 Å². The van der Waals surface area contributed by atoms with E-state index in [0.29, 0.717) is 35.0 Å². The quantitative estimate of drug-likeness (QED) is 0.224. The summed E-state index contributed by atoms with van der Waals surface area (Å²) in [6.07, 6.45) is 1.51. The minimum atomic E-state index is -0.328. The lowest BCUT2D eigenvalue weighted by Gasteiger charge is -2.12. The van der Waals surface area contributed by atoms with Crippen molar-refractivity contribution in [3.63, 3.8) is 0 Å². The van der Waals surface area contributed by atoms with Gasteiger partial charge in [-0.1, -0.05) is 60.7 Å². The van der Waals surface area contributed by atoms with Gasteiger partial charge < -0.3 is 18.9 Å². The molecule has 0 aromatic heterocycles. The smallest absolute Gasteiger partial charge is 0.271 e. The predicted octanol–water partition coefficient (Wildman–Crippen LogP) is 5.72. The fourth-order valence-electron chi connectivity index (χ4n) is 3.77. The summed E-state index contributed by atoms with van der Waals surface area (Å²) in [6.45, 7) is 0.380. The monoisotopic (exact) mass is 496 g/mol. The molecule has 0 saturated carbocycles. The number of amides is 1. The predicted molar refractivity (Wildman–Crippen MR) is 144 cm³/mol. The van der Waals surface area contributed by atoms with Crippen molar-refractivity contribution in [1.82, 2.24) is 5.43 Å². The first-order valence-electron chi connectivity index (χ1n) is 11.6. The lowest BCUT2D eigenvalue weighted by Crippen LogP contribution is -2.17. The molecule has 0 aliphatic carbocycles.